The van der Waals surface area contributed by atoms with Gasteiger partial charge in [0.05, 0.1) is 24.9 Å². The molecule has 3 rings (SSSR count). The van der Waals surface area contributed by atoms with Crippen molar-refractivity contribution < 1.29 is 18.3 Å². The van der Waals surface area contributed by atoms with Gasteiger partial charge in [-0.25, -0.2) is 8.78 Å². The number of hydrogen-bond donors (Lipinski definition) is 0. The van der Waals surface area contributed by atoms with E-state index in [2.05, 4.69) is 5.10 Å². The minimum absolute atomic E-state index is 0.156. The summed E-state index contributed by atoms with van der Waals surface area (Å²) in [5.41, 5.74) is 1.48. The molecule has 0 fully saturated rings. The van der Waals surface area contributed by atoms with Crippen LogP contribution >= 0.6 is 0 Å². The average Bonchev–Trinajstić information content (AvgIpc) is 2.92. The summed E-state index contributed by atoms with van der Waals surface area (Å²) in [7, 11) is 1.58. The van der Waals surface area contributed by atoms with Crippen LogP contribution in [0.25, 0.3) is 0 Å². The maximum Gasteiger partial charge on any atom is 0.254 e. The molecule has 1 amide bonds. The zero-order chi connectivity index (χ0) is 17.3. The molecule has 1 aliphatic heterocycles. The number of aromatic nitrogens is 2. The first-order valence-corrected chi connectivity index (χ1v) is 7.77. The van der Waals surface area contributed by atoms with Gasteiger partial charge in [0, 0.05) is 25.4 Å². The van der Waals surface area contributed by atoms with Gasteiger partial charge >= 0.3 is 0 Å². The number of carbonyl (C=O) groups is 1. The number of ether oxygens (including phenoxy) is 1. The first kappa shape index (κ1) is 16.6. The smallest absolute Gasteiger partial charge is 0.254 e. The molecule has 0 saturated carbocycles. The third kappa shape index (κ3) is 3.03. The molecular formula is C17H19F2N3O2. The predicted octanol–water partition coefficient (Wildman–Crippen LogP) is 2.53. The minimum Gasteiger partial charge on any atom is -0.383 e. The van der Waals surface area contributed by atoms with Crippen molar-refractivity contribution in [3.05, 3.63) is 52.9 Å². The number of aryl methyl sites for hydroxylation is 2. The van der Waals surface area contributed by atoms with E-state index >= 15 is 0 Å². The molecule has 128 valence electrons. The lowest BCUT2D eigenvalue weighted by Crippen LogP contribution is -2.42. The van der Waals surface area contributed by atoms with Crippen molar-refractivity contribution in [2.45, 2.75) is 32.5 Å². The number of rotatable bonds is 3. The van der Waals surface area contributed by atoms with E-state index in [9.17, 15) is 13.6 Å². The first-order valence-electron chi connectivity index (χ1n) is 7.77. The molecule has 2 aromatic rings. The standard InChI is InChI=1S/C17H19F2N3O2/c1-11-7-15(18)16(19)8-14(11)17(23)21-9-12-3-5-20-22(12)6-4-13(21)10-24-2/h3,5,7-8,13H,4,6,9-10H2,1-2H3/t13-/m0/s1. The van der Waals surface area contributed by atoms with Gasteiger partial charge in [-0.2, -0.15) is 5.10 Å². The number of methoxy groups -OCH3 is 1. The molecule has 1 aromatic heterocycles. The lowest BCUT2D eigenvalue weighted by molar-refractivity contribution is 0.0501. The van der Waals surface area contributed by atoms with Crippen molar-refractivity contribution in [3.8, 4) is 0 Å². The average molecular weight is 335 g/mol. The third-order valence-corrected chi connectivity index (χ3v) is 4.37. The van der Waals surface area contributed by atoms with Gasteiger partial charge in [-0.1, -0.05) is 0 Å². The number of carbonyl (C=O) groups excluding carboxylic acids is 1. The maximum atomic E-state index is 13.6. The number of nitrogens with zero attached hydrogens (tertiary/aromatic N) is 3. The molecule has 0 spiro atoms. The molecule has 1 aromatic carbocycles. The second-order valence-corrected chi connectivity index (χ2v) is 5.96. The Kier molecular flexibility index (Phi) is 4.62. The highest BCUT2D eigenvalue weighted by atomic mass is 19.2. The van der Waals surface area contributed by atoms with Gasteiger partial charge in [-0.15, -0.1) is 0 Å². The van der Waals surface area contributed by atoms with Gasteiger partial charge in [-0.05, 0) is 37.1 Å². The van der Waals surface area contributed by atoms with Crippen molar-refractivity contribution in [2.75, 3.05) is 13.7 Å². The lowest BCUT2D eigenvalue weighted by Gasteiger charge is -2.29. The zero-order valence-electron chi connectivity index (χ0n) is 13.6. The largest absolute Gasteiger partial charge is 0.383 e. The van der Waals surface area contributed by atoms with Crippen molar-refractivity contribution in [1.82, 2.24) is 14.7 Å². The van der Waals surface area contributed by atoms with Crippen LogP contribution in [0.4, 0.5) is 8.78 Å². The van der Waals surface area contributed by atoms with E-state index in [1.807, 2.05) is 10.7 Å². The second-order valence-electron chi connectivity index (χ2n) is 5.96. The molecule has 2 heterocycles. The summed E-state index contributed by atoms with van der Waals surface area (Å²) < 4.78 is 34.1. The highest BCUT2D eigenvalue weighted by Gasteiger charge is 2.30. The van der Waals surface area contributed by atoms with E-state index in [4.69, 9.17) is 4.74 Å². The Labute approximate surface area is 138 Å². The van der Waals surface area contributed by atoms with Crippen LogP contribution in [0.3, 0.4) is 0 Å². The number of hydrogen-bond acceptors (Lipinski definition) is 3. The lowest BCUT2D eigenvalue weighted by atomic mass is 10.0. The van der Waals surface area contributed by atoms with E-state index in [1.54, 1.807) is 25.1 Å². The van der Waals surface area contributed by atoms with Gasteiger partial charge < -0.3 is 9.64 Å². The second kappa shape index (κ2) is 6.68. The Morgan fingerprint density at radius 1 is 1.38 bits per heavy atom. The summed E-state index contributed by atoms with van der Waals surface area (Å²) in [6.07, 6.45) is 2.37. The Bertz CT molecular complexity index is 760. The van der Waals surface area contributed by atoms with Crippen LogP contribution in [0.5, 0.6) is 0 Å². The molecule has 0 N–H and O–H groups in total. The van der Waals surface area contributed by atoms with Crippen LogP contribution in [-0.2, 0) is 17.8 Å². The molecule has 7 heteroatoms. The molecule has 0 saturated heterocycles. The number of benzene rings is 1. The highest BCUT2D eigenvalue weighted by Crippen LogP contribution is 2.23. The van der Waals surface area contributed by atoms with Gasteiger partial charge in [0.1, 0.15) is 0 Å². The molecule has 5 nitrogen and oxygen atoms in total. The summed E-state index contributed by atoms with van der Waals surface area (Å²) in [5, 5.41) is 4.25. The van der Waals surface area contributed by atoms with Crippen molar-refractivity contribution >= 4 is 5.91 Å². The van der Waals surface area contributed by atoms with Crippen LogP contribution in [-0.4, -0.2) is 40.3 Å². The van der Waals surface area contributed by atoms with E-state index in [-0.39, 0.29) is 17.5 Å². The number of halogens is 2. The SMILES string of the molecule is COC[C@@H]1CCn2nccc2CN1C(=O)c1cc(F)c(F)cc1C. The monoisotopic (exact) mass is 335 g/mol. The molecule has 1 atom stereocenters. The molecule has 1 aliphatic rings. The minimum atomic E-state index is -1.02. The molecule has 0 bridgehead atoms. The Morgan fingerprint density at radius 2 is 2.12 bits per heavy atom. The molecule has 0 unspecified atom stereocenters. The molecular weight excluding hydrogens is 316 g/mol. The molecule has 0 aliphatic carbocycles. The van der Waals surface area contributed by atoms with E-state index in [0.29, 0.717) is 31.7 Å². The van der Waals surface area contributed by atoms with Gasteiger partial charge in [0.15, 0.2) is 11.6 Å². The predicted molar refractivity (Wildman–Crippen MR) is 83.5 cm³/mol. The topological polar surface area (TPSA) is 47.4 Å². The Morgan fingerprint density at radius 3 is 2.88 bits per heavy atom. The fourth-order valence-electron chi connectivity index (χ4n) is 3.06. The summed E-state index contributed by atoms with van der Waals surface area (Å²) in [5.74, 6) is -2.30. The van der Waals surface area contributed by atoms with Crippen LogP contribution in [0.15, 0.2) is 24.4 Å². The summed E-state index contributed by atoms with van der Waals surface area (Å²) >= 11 is 0. The van der Waals surface area contributed by atoms with E-state index in [0.717, 1.165) is 17.8 Å². The van der Waals surface area contributed by atoms with Crippen LogP contribution in [0.2, 0.25) is 0 Å². The van der Waals surface area contributed by atoms with E-state index < -0.39 is 11.6 Å². The number of fused-ring (bicyclic) bond motifs is 1. The van der Waals surface area contributed by atoms with Crippen molar-refractivity contribution in [1.29, 1.82) is 0 Å². The number of amides is 1. The summed E-state index contributed by atoms with van der Waals surface area (Å²) in [6.45, 7) is 3.00. The Hall–Kier alpha value is -2.28. The van der Waals surface area contributed by atoms with Gasteiger partial charge in [-0.3, -0.25) is 9.48 Å². The fraction of sp³-hybridized carbons (Fsp3) is 0.412. The maximum absolute atomic E-state index is 13.6. The normalized spacial score (nSPS) is 17.5. The molecule has 24 heavy (non-hydrogen) atoms. The fourth-order valence-corrected chi connectivity index (χ4v) is 3.06. The zero-order valence-corrected chi connectivity index (χ0v) is 13.6. The first-order chi connectivity index (χ1) is 11.5. The highest BCUT2D eigenvalue weighted by molar-refractivity contribution is 5.95. The summed E-state index contributed by atoms with van der Waals surface area (Å²) in [6, 6.07) is 3.72. The third-order valence-electron chi connectivity index (χ3n) is 4.37. The quantitative estimate of drug-likeness (QED) is 0.866. The summed E-state index contributed by atoms with van der Waals surface area (Å²) in [4.78, 5) is 14.7. The Balaban J connectivity index is 1.97. The van der Waals surface area contributed by atoms with E-state index in [1.165, 1.54) is 0 Å². The van der Waals surface area contributed by atoms with Crippen molar-refractivity contribution in [3.63, 3.8) is 0 Å². The van der Waals surface area contributed by atoms with Crippen molar-refractivity contribution in [2.24, 2.45) is 0 Å². The van der Waals surface area contributed by atoms with Gasteiger partial charge in [0.25, 0.3) is 5.91 Å². The van der Waals surface area contributed by atoms with Crippen LogP contribution in [0.1, 0.15) is 28.0 Å². The van der Waals surface area contributed by atoms with Crippen LogP contribution < -0.4 is 0 Å². The van der Waals surface area contributed by atoms with Gasteiger partial charge in [0.2, 0.25) is 0 Å². The molecule has 0 radical (unpaired) electrons. The van der Waals surface area contributed by atoms with Crippen LogP contribution in [0, 0.1) is 18.6 Å².